The van der Waals surface area contributed by atoms with E-state index in [-0.39, 0.29) is 12.0 Å². The van der Waals surface area contributed by atoms with Crippen LogP contribution in [0.2, 0.25) is 0 Å². The third-order valence-corrected chi connectivity index (χ3v) is 3.01. The zero-order chi connectivity index (χ0) is 13.4. The molecule has 1 aromatic rings. The number of rotatable bonds is 3. The number of ether oxygens (including phenoxy) is 1. The molecule has 1 aliphatic heterocycles. The molecular weight excluding hydrogens is 236 g/mol. The highest BCUT2D eigenvalue weighted by Crippen LogP contribution is 2.38. The molecule has 0 fully saturated rings. The van der Waals surface area contributed by atoms with Gasteiger partial charge in [-0.05, 0) is 50.5 Å². The molecule has 0 aromatic heterocycles. The summed E-state index contributed by atoms with van der Waals surface area (Å²) in [5, 5.41) is 0. The van der Waals surface area contributed by atoms with E-state index in [0.717, 1.165) is 24.2 Å². The van der Waals surface area contributed by atoms with Crippen molar-refractivity contribution >= 4 is 0 Å². The molecule has 0 atom stereocenters. The van der Waals surface area contributed by atoms with Crippen LogP contribution < -0.4 is 10.5 Å². The van der Waals surface area contributed by atoms with Crippen LogP contribution >= 0.6 is 0 Å². The van der Waals surface area contributed by atoms with Gasteiger partial charge in [0.1, 0.15) is 5.75 Å². The number of benzene rings is 1. The first-order valence-electron chi connectivity index (χ1n) is 6.21. The van der Waals surface area contributed by atoms with Crippen molar-refractivity contribution in [2.75, 3.05) is 6.61 Å². The summed E-state index contributed by atoms with van der Waals surface area (Å²) in [5.41, 5.74) is 5.70. The molecule has 0 unspecified atom stereocenters. The average Bonchev–Trinajstić information content (AvgIpc) is 2.25. The van der Waals surface area contributed by atoms with Crippen LogP contribution in [0.1, 0.15) is 37.8 Å². The van der Waals surface area contributed by atoms with E-state index in [1.807, 2.05) is 0 Å². The van der Waals surface area contributed by atoms with Gasteiger partial charge in [0.05, 0.1) is 6.61 Å². The van der Waals surface area contributed by atoms with Crippen LogP contribution in [0.3, 0.4) is 0 Å². The number of halogens is 2. The van der Waals surface area contributed by atoms with Gasteiger partial charge in [0.25, 0.3) is 5.92 Å². The van der Waals surface area contributed by atoms with Crippen molar-refractivity contribution in [1.29, 1.82) is 0 Å². The second-order valence-electron chi connectivity index (χ2n) is 5.64. The van der Waals surface area contributed by atoms with Crippen LogP contribution in [0, 0.1) is 0 Å². The van der Waals surface area contributed by atoms with Crippen LogP contribution in [0.25, 0.3) is 0 Å². The van der Waals surface area contributed by atoms with E-state index in [4.69, 9.17) is 10.5 Å². The van der Waals surface area contributed by atoms with Crippen molar-refractivity contribution < 1.29 is 13.5 Å². The summed E-state index contributed by atoms with van der Waals surface area (Å²) >= 11 is 0. The first-order chi connectivity index (χ1) is 8.28. The molecule has 2 rings (SSSR count). The van der Waals surface area contributed by atoms with Crippen LogP contribution in [-0.2, 0) is 12.3 Å². The minimum Gasteiger partial charge on any atom is -0.493 e. The Morgan fingerprint density at radius 3 is 2.72 bits per heavy atom. The number of fused-ring (bicyclic) bond motifs is 1. The Morgan fingerprint density at radius 1 is 1.33 bits per heavy atom. The van der Waals surface area contributed by atoms with Gasteiger partial charge in [-0.1, -0.05) is 0 Å². The lowest BCUT2D eigenvalue weighted by Gasteiger charge is -2.27. The number of hydrogen-bond donors (Lipinski definition) is 1. The van der Waals surface area contributed by atoms with E-state index in [1.54, 1.807) is 26.0 Å². The third-order valence-electron chi connectivity index (χ3n) is 3.01. The highest BCUT2D eigenvalue weighted by Gasteiger charge is 2.37. The van der Waals surface area contributed by atoms with Gasteiger partial charge in [-0.25, -0.2) is 8.78 Å². The first-order valence-corrected chi connectivity index (χ1v) is 6.21. The fourth-order valence-electron chi connectivity index (χ4n) is 2.26. The van der Waals surface area contributed by atoms with Crippen molar-refractivity contribution in [3.8, 4) is 5.75 Å². The molecule has 0 bridgehead atoms. The average molecular weight is 255 g/mol. The maximum Gasteiger partial charge on any atom is 0.275 e. The van der Waals surface area contributed by atoms with Gasteiger partial charge in [0, 0.05) is 17.5 Å². The van der Waals surface area contributed by atoms with E-state index in [2.05, 4.69) is 0 Å². The molecule has 0 saturated heterocycles. The minimum absolute atomic E-state index is 0.0327. The molecule has 0 spiro atoms. The second-order valence-corrected chi connectivity index (χ2v) is 5.64. The second kappa shape index (κ2) is 4.50. The molecule has 2 N–H and O–H groups in total. The molecule has 1 heterocycles. The largest absolute Gasteiger partial charge is 0.493 e. The summed E-state index contributed by atoms with van der Waals surface area (Å²) in [5.74, 6) is -2.17. The fourth-order valence-corrected chi connectivity index (χ4v) is 2.26. The number of hydrogen-bond acceptors (Lipinski definition) is 2. The van der Waals surface area contributed by atoms with Crippen molar-refractivity contribution in [1.82, 2.24) is 0 Å². The fraction of sp³-hybridized carbons (Fsp3) is 0.571. The lowest BCUT2D eigenvalue weighted by atomic mass is 9.91. The molecule has 18 heavy (non-hydrogen) atoms. The van der Waals surface area contributed by atoms with E-state index >= 15 is 0 Å². The van der Waals surface area contributed by atoms with Gasteiger partial charge in [-0.2, -0.15) is 0 Å². The van der Waals surface area contributed by atoms with Crippen LogP contribution in [0.15, 0.2) is 18.2 Å². The highest BCUT2D eigenvalue weighted by atomic mass is 19.3. The third kappa shape index (κ3) is 2.99. The summed E-state index contributed by atoms with van der Waals surface area (Å²) < 4.78 is 33.6. The van der Waals surface area contributed by atoms with Crippen LogP contribution in [0.5, 0.6) is 5.75 Å². The Kier molecular flexibility index (Phi) is 3.32. The number of nitrogens with two attached hydrogens (primary N) is 1. The lowest BCUT2D eigenvalue weighted by molar-refractivity contribution is -0.0297. The predicted octanol–water partition coefficient (Wildman–Crippen LogP) is 3.23. The smallest absolute Gasteiger partial charge is 0.275 e. The van der Waals surface area contributed by atoms with E-state index < -0.39 is 11.5 Å². The first kappa shape index (κ1) is 13.3. The maximum atomic E-state index is 14.1. The zero-order valence-electron chi connectivity index (χ0n) is 10.8. The van der Waals surface area contributed by atoms with Gasteiger partial charge >= 0.3 is 0 Å². The normalized spacial score (nSPS) is 16.1. The van der Waals surface area contributed by atoms with Crippen LogP contribution in [0.4, 0.5) is 8.78 Å². The molecule has 1 aromatic carbocycles. The van der Waals surface area contributed by atoms with E-state index in [0.29, 0.717) is 6.61 Å². The van der Waals surface area contributed by atoms with E-state index in [1.165, 1.54) is 6.07 Å². The summed E-state index contributed by atoms with van der Waals surface area (Å²) in [6.45, 7) is 3.89. The van der Waals surface area contributed by atoms with Gasteiger partial charge in [0.15, 0.2) is 0 Å². The van der Waals surface area contributed by atoms with Gasteiger partial charge in [-0.3, -0.25) is 0 Å². The summed E-state index contributed by atoms with van der Waals surface area (Å²) in [6.07, 6.45) is 1.31. The molecule has 0 aliphatic carbocycles. The standard InChI is InChI=1S/C14H19F2NO/c1-13(2,17)9-14(15,16)11-5-6-12-10(8-11)4-3-7-18-12/h5-6,8H,3-4,7,9,17H2,1-2H3. The Balaban J connectivity index is 2.27. The Hall–Kier alpha value is -1.16. The molecule has 2 nitrogen and oxygen atoms in total. The van der Waals surface area contributed by atoms with Crippen molar-refractivity contribution in [3.63, 3.8) is 0 Å². The molecular formula is C14H19F2NO. The summed E-state index contributed by atoms with van der Waals surface area (Å²) in [4.78, 5) is 0. The van der Waals surface area contributed by atoms with Gasteiger partial charge < -0.3 is 10.5 Å². The monoisotopic (exact) mass is 255 g/mol. The molecule has 0 radical (unpaired) electrons. The van der Waals surface area contributed by atoms with Crippen molar-refractivity contribution in [2.45, 2.75) is 44.6 Å². The maximum absolute atomic E-state index is 14.1. The quantitative estimate of drug-likeness (QED) is 0.900. The lowest BCUT2D eigenvalue weighted by Crippen LogP contribution is -2.38. The van der Waals surface area contributed by atoms with Crippen molar-refractivity contribution in [3.05, 3.63) is 29.3 Å². The van der Waals surface area contributed by atoms with E-state index in [9.17, 15) is 8.78 Å². The highest BCUT2D eigenvalue weighted by molar-refractivity contribution is 5.40. The van der Waals surface area contributed by atoms with Crippen molar-refractivity contribution in [2.24, 2.45) is 5.73 Å². The topological polar surface area (TPSA) is 35.2 Å². The molecule has 4 heteroatoms. The van der Waals surface area contributed by atoms with Crippen LogP contribution in [-0.4, -0.2) is 12.1 Å². The SMILES string of the molecule is CC(C)(N)CC(F)(F)c1ccc2c(c1)CCCO2. The summed E-state index contributed by atoms with van der Waals surface area (Å²) in [7, 11) is 0. The molecule has 0 saturated carbocycles. The zero-order valence-corrected chi connectivity index (χ0v) is 10.8. The molecule has 0 amide bonds. The Bertz CT molecular complexity index is 438. The minimum atomic E-state index is -2.90. The van der Waals surface area contributed by atoms with Gasteiger partial charge in [0.2, 0.25) is 0 Å². The Labute approximate surface area is 106 Å². The number of alkyl halides is 2. The number of aryl methyl sites for hydroxylation is 1. The van der Waals surface area contributed by atoms with Gasteiger partial charge in [-0.15, -0.1) is 0 Å². The molecule has 1 aliphatic rings. The Morgan fingerprint density at radius 2 is 2.06 bits per heavy atom. The summed E-state index contributed by atoms with van der Waals surface area (Å²) in [6, 6.07) is 4.64. The molecule has 100 valence electrons. The predicted molar refractivity (Wildman–Crippen MR) is 67.0 cm³/mol.